The predicted octanol–water partition coefficient (Wildman–Crippen LogP) is 4.33. The molecule has 80 valence electrons. The first kappa shape index (κ1) is 20.0. The quantitative estimate of drug-likeness (QED) is 0.481. The Balaban J connectivity index is -0.000000160. The maximum Gasteiger partial charge on any atom is 4.00 e. The van der Waals surface area contributed by atoms with E-state index in [1.165, 1.54) is 11.1 Å². The van der Waals surface area contributed by atoms with Crippen molar-refractivity contribution in [2.75, 3.05) is 0 Å². The summed E-state index contributed by atoms with van der Waals surface area (Å²) in [4.78, 5) is 0. The summed E-state index contributed by atoms with van der Waals surface area (Å²) in [5.74, 6) is 0. The third-order valence-corrected chi connectivity index (χ3v) is 1.66. The predicted molar refractivity (Wildman–Crippen MR) is 66.4 cm³/mol. The number of aryl methyl sites for hydroxylation is 2. The molecule has 1 heteroatoms. The van der Waals surface area contributed by atoms with E-state index in [0.29, 0.717) is 0 Å². The Hall–Kier alpha value is -0.430. The molecule has 0 atom stereocenters. The maximum atomic E-state index is 2.08. The molecule has 0 fully saturated rings. The van der Waals surface area contributed by atoms with Gasteiger partial charge in [-0.05, 0) is 0 Å². The minimum absolute atomic E-state index is 0. The van der Waals surface area contributed by atoms with Crippen molar-refractivity contribution in [3.05, 3.63) is 74.5 Å². The van der Waals surface area contributed by atoms with Crippen LogP contribution in [0.25, 0.3) is 0 Å². The summed E-state index contributed by atoms with van der Waals surface area (Å²) in [5.41, 5.74) is 2.69. The van der Waals surface area contributed by atoms with Gasteiger partial charge in [0.1, 0.15) is 0 Å². The van der Waals surface area contributed by atoms with Crippen LogP contribution in [0.1, 0.15) is 11.1 Å². The molecule has 0 aliphatic rings. The van der Waals surface area contributed by atoms with Crippen molar-refractivity contribution < 1.29 is 25.8 Å². The molecule has 0 aliphatic heterocycles. The van der Waals surface area contributed by atoms with Gasteiger partial charge in [0.2, 0.25) is 0 Å². The Bertz CT molecular complexity index is 245. The summed E-state index contributed by atoms with van der Waals surface area (Å²) in [5, 5.41) is 0. The molecular weight excluding hydrogens is 347 g/mol. The summed E-state index contributed by atoms with van der Waals surface area (Å²) in [6.45, 7) is 4.17. The summed E-state index contributed by atoms with van der Waals surface area (Å²) in [6, 6.07) is 16.5. The smallest absolute Gasteiger partial charge is 0.358 e. The van der Waals surface area contributed by atoms with Crippen LogP contribution in [-0.4, -0.2) is 0 Å². The van der Waals surface area contributed by atoms with E-state index in [1.807, 2.05) is 24.3 Å². The monoisotopic (exact) mass is 368 g/mol. The van der Waals surface area contributed by atoms with Crippen molar-refractivity contribution in [2.45, 2.75) is 13.8 Å². The van der Waals surface area contributed by atoms with Gasteiger partial charge in [-0.1, -0.05) is 13.8 Å². The van der Waals surface area contributed by atoms with Gasteiger partial charge in [-0.2, -0.15) is 36.4 Å². The molecule has 0 N–H and O–H groups in total. The fourth-order valence-corrected chi connectivity index (χ4v) is 0.940. The summed E-state index contributed by atoms with van der Waals surface area (Å²) in [7, 11) is 0. The van der Waals surface area contributed by atoms with Crippen LogP contribution in [0.5, 0.6) is 0 Å². The Kier molecular flexibility index (Phi) is 15.6. The van der Waals surface area contributed by atoms with Crippen LogP contribution in [-0.2, 0) is 25.8 Å². The molecular formula is C14H20Hf. The van der Waals surface area contributed by atoms with Crippen molar-refractivity contribution in [3.63, 3.8) is 0 Å². The Morgan fingerprint density at radius 1 is 0.800 bits per heavy atom. The topological polar surface area (TPSA) is 0 Å². The average Bonchev–Trinajstić information content (AvgIpc) is 2.63. The third kappa shape index (κ3) is 9.86. The molecule has 2 rings (SSSR count). The molecule has 0 spiro atoms. The molecule has 0 saturated heterocycles. The zero-order chi connectivity index (χ0) is 8.81. The van der Waals surface area contributed by atoms with E-state index in [4.69, 9.17) is 0 Å². The fraction of sp³-hybridized carbons (Fsp3) is 0.143. The van der Waals surface area contributed by atoms with Gasteiger partial charge in [0.15, 0.2) is 0 Å². The number of hydrogen-bond acceptors (Lipinski definition) is 0. The first-order valence-electron chi connectivity index (χ1n) is 4.15. The van der Waals surface area contributed by atoms with E-state index in [0.717, 1.165) is 0 Å². The van der Waals surface area contributed by atoms with Crippen LogP contribution < -0.4 is 0 Å². The molecule has 0 radical (unpaired) electrons. The number of rotatable bonds is 0. The third-order valence-electron chi connectivity index (χ3n) is 1.66. The van der Waals surface area contributed by atoms with E-state index in [1.54, 1.807) is 0 Å². The van der Waals surface area contributed by atoms with E-state index < -0.39 is 0 Å². The second kappa shape index (κ2) is 11.6. The molecule has 0 saturated carbocycles. The van der Waals surface area contributed by atoms with Gasteiger partial charge in [0.05, 0.1) is 0 Å². The van der Waals surface area contributed by atoms with Gasteiger partial charge < -0.3 is 14.9 Å². The van der Waals surface area contributed by atoms with E-state index in [9.17, 15) is 0 Å². The van der Waals surface area contributed by atoms with Gasteiger partial charge in [-0.25, -0.2) is 23.3 Å². The fourth-order valence-electron chi connectivity index (χ4n) is 0.940. The van der Waals surface area contributed by atoms with E-state index in [-0.39, 0.29) is 40.7 Å². The summed E-state index contributed by atoms with van der Waals surface area (Å²) in [6.07, 6.45) is 0. The van der Waals surface area contributed by atoms with Crippen molar-refractivity contribution in [1.82, 2.24) is 0 Å². The van der Waals surface area contributed by atoms with Crippen molar-refractivity contribution in [2.24, 2.45) is 0 Å². The average molecular weight is 367 g/mol. The first-order valence-corrected chi connectivity index (χ1v) is 4.15. The standard InChI is InChI=1S/2C6H7.2CH3.Hf/c2*1-6-4-2-3-5-6;;;/h2*2-5H,1H3;2*1H3;/q4*-1;+4. The van der Waals surface area contributed by atoms with Crippen LogP contribution in [0.4, 0.5) is 0 Å². The normalized spacial score (nSPS) is 7.07. The van der Waals surface area contributed by atoms with Gasteiger partial charge in [-0.3, -0.25) is 0 Å². The molecule has 2 aromatic carbocycles. The van der Waals surface area contributed by atoms with Crippen LogP contribution in [0.3, 0.4) is 0 Å². The Morgan fingerprint density at radius 2 is 1.13 bits per heavy atom. The summed E-state index contributed by atoms with van der Waals surface area (Å²) < 4.78 is 0. The van der Waals surface area contributed by atoms with Crippen molar-refractivity contribution in [1.29, 1.82) is 0 Å². The van der Waals surface area contributed by atoms with Crippen molar-refractivity contribution in [3.8, 4) is 0 Å². The molecule has 0 amide bonds. The van der Waals surface area contributed by atoms with Crippen LogP contribution >= 0.6 is 0 Å². The largest absolute Gasteiger partial charge is 4.00 e. The van der Waals surface area contributed by atoms with E-state index in [2.05, 4.69) is 38.1 Å². The van der Waals surface area contributed by atoms with Gasteiger partial charge in [-0.15, -0.1) is 0 Å². The Labute approximate surface area is 114 Å². The molecule has 0 bridgehead atoms. The van der Waals surface area contributed by atoms with Crippen LogP contribution in [0.2, 0.25) is 0 Å². The molecule has 0 unspecified atom stereocenters. The van der Waals surface area contributed by atoms with Gasteiger partial charge in [0.25, 0.3) is 0 Å². The zero-order valence-electron chi connectivity index (χ0n) is 10.1. The molecule has 0 aromatic heterocycles. The van der Waals surface area contributed by atoms with Gasteiger partial charge >= 0.3 is 25.8 Å². The SMILES string of the molecule is Cc1cc[cH-]c1.Cc1cc[cH-]c1.[CH3-].[CH3-].[Hf+4]. The van der Waals surface area contributed by atoms with Gasteiger partial charge in [0, 0.05) is 0 Å². The molecule has 0 heterocycles. The molecule has 2 aromatic rings. The second-order valence-corrected chi connectivity index (χ2v) is 2.92. The molecule has 0 aliphatic carbocycles. The second-order valence-electron chi connectivity index (χ2n) is 2.92. The zero-order valence-corrected chi connectivity index (χ0v) is 13.7. The minimum atomic E-state index is 0. The number of hydrogen-bond donors (Lipinski definition) is 0. The molecule has 0 nitrogen and oxygen atoms in total. The first-order chi connectivity index (χ1) is 5.79. The van der Waals surface area contributed by atoms with Crippen LogP contribution in [0, 0.1) is 28.7 Å². The van der Waals surface area contributed by atoms with E-state index >= 15 is 0 Å². The molecule has 15 heavy (non-hydrogen) atoms. The maximum absolute atomic E-state index is 2.08. The Morgan fingerprint density at radius 3 is 1.20 bits per heavy atom. The van der Waals surface area contributed by atoms with Crippen molar-refractivity contribution >= 4 is 0 Å². The summed E-state index contributed by atoms with van der Waals surface area (Å²) >= 11 is 0. The minimum Gasteiger partial charge on any atom is -0.358 e. The van der Waals surface area contributed by atoms with Crippen LogP contribution in [0.15, 0.2) is 48.5 Å².